The lowest BCUT2D eigenvalue weighted by molar-refractivity contribution is -0.186. The zero-order valence-electron chi connectivity index (χ0n) is 18.4. The van der Waals surface area contributed by atoms with Crippen LogP contribution in [0.3, 0.4) is 0 Å². The zero-order valence-corrected chi connectivity index (χ0v) is 18.4. The Hall–Kier alpha value is -1.04. The Morgan fingerprint density at radius 3 is 2.70 bits per heavy atom. The van der Waals surface area contributed by atoms with Gasteiger partial charge in [0.15, 0.2) is 11.6 Å². The number of hydrogen-bond donors (Lipinski definition) is 3. The summed E-state index contributed by atoms with van der Waals surface area (Å²) in [5.41, 5.74) is -1.34. The molecular weight excluding hydrogens is 380 g/mol. The van der Waals surface area contributed by atoms with Crippen molar-refractivity contribution in [1.82, 2.24) is 0 Å². The van der Waals surface area contributed by atoms with Crippen molar-refractivity contribution in [3.63, 3.8) is 0 Å². The largest absolute Gasteiger partial charge is 0.393 e. The van der Waals surface area contributed by atoms with Gasteiger partial charge in [0.05, 0.1) is 6.10 Å². The van der Waals surface area contributed by atoms with Crippen molar-refractivity contribution in [2.75, 3.05) is 0 Å². The van der Waals surface area contributed by atoms with Gasteiger partial charge in [0.2, 0.25) is 0 Å². The second kappa shape index (κ2) is 7.53. The number of unbranched alkanes of at least 4 members (excludes halogenated alkanes) is 1. The third kappa shape index (κ3) is 2.99. The highest BCUT2D eigenvalue weighted by Crippen LogP contribution is 2.67. The number of rotatable bonds is 5. The molecule has 1 radical (unpaired) electrons. The molecule has 0 aromatic carbocycles. The summed E-state index contributed by atoms with van der Waals surface area (Å²) in [7, 11) is 0. The van der Waals surface area contributed by atoms with Crippen LogP contribution in [0.1, 0.15) is 78.1 Å². The van der Waals surface area contributed by atoms with Gasteiger partial charge in [-0.1, -0.05) is 39.2 Å². The molecule has 0 aromatic rings. The standard InChI is InChI=1S/C25H37O5/c1-4-5-6-19(27)22(29)25(30)12-10-18-17-8-7-15-13-16(26)9-11-23(15,2)21(17)20(28)14-24(18,25)3/h13,17-21,27-28,30H,1,4-12,14H2,2-3H3/t17-,18-,19?,20-,21+,23-,24-,25-/m0/s1. The van der Waals surface area contributed by atoms with Crippen molar-refractivity contribution in [2.45, 2.75) is 95.9 Å². The summed E-state index contributed by atoms with van der Waals surface area (Å²) < 4.78 is 0. The highest BCUT2D eigenvalue weighted by Gasteiger charge is 2.68. The Labute approximate surface area is 179 Å². The van der Waals surface area contributed by atoms with E-state index in [2.05, 4.69) is 13.8 Å². The molecule has 0 saturated heterocycles. The van der Waals surface area contributed by atoms with E-state index in [-0.39, 0.29) is 29.0 Å². The number of carbonyl (C=O) groups is 2. The van der Waals surface area contributed by atoms with Gasteiger partial charge < -0.3 is 15.3 Å². The predicted octanol–water partition coefficient (Wildman–Crippen LogP) is 3.15. The molecule has 167 valence electrons. The first kappa shape index (κ1) is 22.2. The smallest absolute Gasteiger partial charge is 0.193 e. The molecular formula is C25H37O5. The molecule has 3 fully saturated rings. The third-order valence-corrected chi connectivity index (χ3v) is 9.49. The molecule has 3 N–H and O–H groups in total. The van der Waals surface area contributed by atoms with E-state index in [1.165, 1.54) is 5.57 Å². The molecule has 0 heterocycles. The van der Waals surface area contributed by atoms with Gasteiger partial charge in [0.25, 0.3) is 0 Å². The fourth-order valence-corrected chi connectivity index (χ4v) is 7.84. The second-order valence-corrected chi connectivity index (χ2v) is 10.9. The van der Waals surface area contributed by atoms with Crippen LogP contribution in [0.2, 0.25) is 0 Å². The van der Waals surface area contributed by atoms with Crippen molar-refractivity contribution in [3.8, 4) is 0 Å². The minimum absolute atomic E-state index is 0.0530. The highest BCUT2D eigenvalue weighted by atomic mass is 16.3. The fourth-order valence-electron chi connectivity index (χ4n) is 7.84. The second-order valence-electron chi connectivity index (χ2n) is 10.9. The Kier molecular flexibility index (Phi) is 5.56. The lowest BCUT2D eigenvalue weighted by Gasteiger charge is -2.60. The lowest BCUT2D eigenvalue weighted by Crippen LogP contribution is -2.62. The monoisotopic (exact) mass is 417 g/mol. The maximum Gasteiger partial charge on any atom is 0.193 e. The fraction of sp³-hybridized carbons (Fsp3) is 0.800. The van der Waals surface area contributed by atoms with E-state index in [9.17, 15) is 24.9 Å². The average molecular weight is 418 g/mol. The number of aliphatic hydroxyl groups excluding tert-OH is 2. The Morgan fingerprint density at radius 1 is 1.27 bits per heavy atom. The van der Waals surface area contributed by atoms with Crippen molar-refractivity contribution in [3.05, 3.63) is 18.6 Å². The summed E-state index contributed by atoms with van der Waals surface area (Å²) in [6.07, 6.45) is 6.08. The van der Waals surface area contributed by atoms with Crippen molar-refractivity contribution in [1.29, 1.82) is 0 Å². The van der Waals surface area contributed by atoms with E-state index in [1.54, 1.807) is 0 Å². The van der Waals surface area contributed by atoms with E-state index in [1.807, 2.05) is 13.0 Å². The first-order chi connectivity index (χ1) is 14.1. The van der Waals surface area contributed by atoms with Crippen LogP contribution < -0.4 is 0 Å². The van der Waals surface area contributed by atoms with Crippen LogP contribution in [-0.2, 0) is 9.59 Å². The van der Waals surface area contributed by atoms with Gasteiger partial charge in [-0.25, -0.2) is 0 Å². The molecule has 1 unspecified atom stereocenters. The van der Waals surface area contributed by atoms with Gasteiger partial charge in [0, 0.05) is 11.8 Å². The summed E-state index contributed by atoms with van der Waals surface area (Å²) in [6, 6.07) is 0. The Morgan fingerprint density at radius 2 is 2.00 bits per heavy atom. The van der Waals surface area contributed by atoms with Gasteiger partial charge in [-0.15, -0.1) is 0 Å². The van der Waals surface area contributed by atoms with Crippen LogP contribution in [0.5, 0.6) is 0 Å². The van der Waals surface area contributed by atoms with Crippen LogP contribution in [0, 0.1) is 35.5 Å². The Balaban J connectivity index is 1.65. The molecule has 30 heavy (non-hydrogen) atoms. The molecule has 0 bridgehead atoms. The molecule has 0 spiro atoms. The maximum absolute atomic E-state index is 13.2. The number of aliphatic hydroxyl groups is 3. The summed E-state index contributed by atoms with van der Waals surface area (Å²) in [5, 5.41) is 33.5. The van der Waals surface area contributed by atoms with E-state index >= 15 is 0 Å². The maximum atomic E-state index is 13.2. The Bertz CT molecular complexity index is 759. The molecule has 3 saturated carbocycles. The van der Waals surface area contributed by atoms with E-state index < -0.39 is 29.0 Å². The summed E-state index contributed by atoms with van der Waals surface area (Å²) in [5.74, 6) is 0.117. The molecule has 0 amide bonds. The minimum Gasteiger partial charge on any atom is -0.393 e. The number of ketones is 2. The number of carbonyl (C=O) groups excluding carboxylic acids is 2. The molecule has 0 aromatic heterocycles. The van der Waals surface area contributed by atoms with Gasteiger partial charge in [0.1, 0.15) is 11.7 Å². The molecule has 8 atom stereocenters. The van der Waals surface area contributed by atoms with Crippen LogP contribution in [0.15, 0.2) is 11.6 Å². The zero-order chi connectivity index (χ0) is 21.9. The number of hydrogen-bond acceptors (Lipinski definition) is 5. The molecule has 4 aliphatic rings. The highest BCUT2D eigenvalue weighted by molar-refractivity contribution is 5.92. The number of allylic oxidation sites excluding steroid dienone is 1. The summed E-state index contributed by atoms with van der Waals surface area (Å²) in [6.45, 7) is 7.92. The van der Waals surface area contributed by atoms with Gasteiger partial charge in [-0.3, -0.25) is 9.59 Å². The molecule has 4 rings (SSSR count). The van der Waals surface area contributed by atoms with E-state index in [4.69, 9.17) is 0 Å². The SMILES string of the molecule is [CH2]CCCC(O)C(=O)[C@@]1(O)CC[C@H]2[C@@H]3CCC4=CC(=O)CC[C@]4(C)[C@H]3[C@@H](O)C[C@@]21C. The topological polar surface area (TPSA) is 94.8 Å². The van der Waals surface area contributed by atoms with E-state index in [0.29, 0.717) is 38.5 Å². The average Bonchev–Trinajstić information content (AvgIpc) is 2.97. The molecule has 5 nitrogen and oxygen atoms in total. The third-order valence-electron chi connectivity index (χ3n) is 9.49. The van der Waals surface area contributed by atoms with Crippen molar-refractivity contribution in [2.24, 2.45) is 28.6 Å². The van der Waals surface area contributed by atoms with Crippen LogP contribution in [0.4, 0.5) is 0 Å². The van der Waals surface area contributed by atoms with Crippen molar-refractivity contribution >= 4 is 11.6 Å². The van der Waals surface area contributed by atoms with Crippen LogP contribution in [0.25, 0.3) is 0 Å². The molecule has 0 aliphatic heterocycles. The quantitative estimate of drug-likeness (QED) is 0.639. The normalized spacial score (nSPS) is 46.5. The molecule has 5 heteroatoms. The molecule has 4 aliphatic carbocycles. The number of fused-ring (bicyclic) bond motifs is 5. The van der Waals surface area contributed by atoms with Gasteiger partial charge >= 0.3 is 0 Å². The summed E-state index contributed by atoms with van der Waals surface area (Å²) >= 11 is 0. The summed E-state index contributed by atoms with van der Waals surface area (Å²) in [4.78, 5) is 25.2. The number of Topliss-reactive ketones (excluding diaryl/α,β-unsaturated/α-hetero) is 1. The van der Waals surface area contributed by atoms with Crippen LogP contribution in [-0.4, -0.2) is 44.7 Å². The predicted molar refractivity (Wildman–Crippen MR) is 113 cm³/mol. The van der Waals surface area contributed by atoms with Crippen molar-refractivity contribution < 1.29 is 24.9 Å². The minimum atomic E-state index is -1.59. The first-order valence-electron chi connectivity index (χ1n) is 11.7. The first-order valence-corrected chi connectivity index (χ1v) is 11.7. The van der Waals surface area contributed by atoms with E-state index in [0.717, 1.165) is 25.7 Å². The van der Waals surface area contributed by atoms with Gasteiger partial charge in [-0.2, -0.15) is 0 Å². The lowest BCUT2D eigenvalue weighted by atomic mass is 9.45. The van der Waals surface area contributed by atoms with Gasteiger partial charge in [-0.05, 0) is 74.2 Å². The van der Waals surface area contributed by atoms with Crippen LogP contribution >= 0.6 is 0 Å².